The Morgan fingerprint density at radius 1 is 0.468 bits per heavy atom. The highest BCUT2D eigenvalue weighted by Crippen LogP contribution is 2.60. The largest absolute Gasteiger partial charge is 0.490 e. The molecule has 0 aliphatic heterocycles. The third-order valence-corrected chi connectivity index (χ3v) is 15.8. The van der Waals surface area contributed by atoms with Gasteiger partial charge in [0.1, 0.15) is 17.2 Å². The van der Waals surface area contributed by atoms with E-state index in [2.05, 4.69) is 15.3 Å². The average molecular weight is 909 g/mol. The highest BCUT2D eigenvalue weighted by molar-refractivity contribution is 8.38. The van der Waals surface area contributed by atoms with E-state index < -0.39 is 21.4 Å². The number of rotatable bonds is 15. The molecule has 0 atom stereocenters. The molecule has 3 aromatic carbocycles. The van der Waals surface area contributed by atoms with Crippen molar-refractivity contribution in [3.8, 4) is 17.2 Å². The summed E-state index contributed by atoms with van der Waals surface area (Å²) in [7, 11) is 4.81. The van der Waals surface area contributed by atoms with Gasteiger partial charge in [0, 0.05) is 32.9 Å². The summed E-state index contributed by atoms with van der Waals surface area (Å²) >= 11 is 57.0. The first-order valence-electron chi connectivity index (χ1n) is 12.6. The highest BCUT2D eigenvalue weighted by Gasteiger charge is 2.27. The zero-order valence-electron chi connectivity index (χ0n) is 24.3. The molecule has 0 saturated carbocycles. The molecule has 0 saturated heterocycles. The van der Waals surface area contributed by atoms with Crippen molar-refractivity contribution in [2.75, 3.05) is 21.1 Å². The molecule has 9 nitrogen and oxygen atoms in total. The minimum atomic E-state index is -3.51. The molecule has 254 valence electrons. The molecular weight excluding hydrogens is 885 g/mol. The van der Waals surface area contributed by atoms with E-state index in [0.717, 1.165) is 16.7 Å². The number of benzene rings is 3. The van der Waals surface area contributed by atoms with Crippen molar-refractivity contribution >= 4 is 155 Å². The molecule has 0 aliphatic carbocycles. The lowest BCUT2D eigenvalue weighted by molar-refractivity contribution is 0.384. The normalized spacial score (nSPS) is 12.9. The Labute approximate surface area is 322 Å². The fraction of sp³-hybridized carbons (Fsp3) is 0.125. The fourth-order valence-electron chi connectivity index (χ4n) is 2.92. The molecule has 0 unspecified atom stereocenters. The van der Waals surface area contributed by atoms with E-state index in [4.69, 9.17) is 128 Å². The van der Waals surface area contributed by atoms with Crippen LogP contribution < -0.4 is 13.6 Å². The van der Waals surface area contributed by atoms with Gasteiger partial charge in [-0.05, 0) is 192 Å². The molecule has 47 heavy (non-hydrogen) atoms. The number of hydrogen-bond donors (Lipinski definition) is 0. The van der Waals surface area contributed by atoms with E-state index >= 15 is 0 Å². The molecular formula is C24H24Cl6N6O3P4S4. The molecule has 3 aromatic rings. The maximum atomic E-state index is 6.17. The fourth-order valence-corrected chi connectivity index (χ4v) is 6.54. The van der Waals surface area contributed by atoms with E-state index in [1.165, 1.54) is 14.3 Å². The molecule has 3 rings (SSSR count). The van der Waals surface area contributed by atoms with Gasteiger partial charge in [-0.15, -0.1) is 0 Å². The lowest BCUT2D eigenvalue weighted by atomic mass is 10.2. The molecule has 0 spiro atoms. The molecule has 0 radical (unpaired) electrons. The van der Waals surface area contributed by atoms with Crippen LogP contribution in [0.1, 0.15) is 16.7 Å². The second-order valence-corrected chi connectivity index (χ2v) is 34.8. The van der Waals surface area contributed by atoms with Crippen LogP contribution in [0.4, 0.5) is 0 Å². The topological polar surface area (TPSA) is 74.5 Å². The van der Waals surface area contributed by atoms with Crippen LogP contribution in [-0.4, -0.2) is 54.1 Å². The van der Waals surface area contributed by atoms with Gasteiger partial charge in [0.15, 0.2) is 0 Å². The van der Waals surface area contributed by atoms with Gasteiger partial charge in [-0.1, -0.05) is 0 Å². The van der Waals surface area contributed by atoms with Crippen molar-refractivity contribution < 1.29 is 13.6 Å². The summed E-state index contributed by atoms with van der Waals surface area (Å²) in [5, 5.41) is 12.6. The smallest absolute Gasteiger partial charge is 0.407 e. The molecule has 0 fully saturated rings. The number of hydrogen-bond acceptors (Lipinski definition) is 10. The average Bonchev–Trinajstić information content (AvgIpc) is 2.98. The van der Waals surface area contributed by atoms with Crippen LogP contribution in [0.5, 0.6) is 17.2 Å². The third kappa shape index (κ3) is 14.5. The second kappa shape index (κ2) is 17.8. The summed E-state index contributed by atoms with van der Waals surface area (Å²) in [5.41, 5.74) is 2.21. The van der Waals surface area contributed by atoms with E-state index in [9.17, 15) is 0 Å². The Hall–Kier alpha value is -0.190. The lowest BCUT2D eigenvalue weighted by Gasteiger charge is -2.23. The van der Waals surface area contributed by atoms with Crippen LogP contribution in [0.3, 0.4) is 0 Å². The lowest BCUT2D eigenvalue weighted by Crippen LogP contribution is -2.07. The first-order valence-corrected chi connectivity index (χ1v) is 28.8. The van der Waals surface area contributed by atoms with E-state index in [1.807, 2.05) is 0 Å². The zero-order chi connectivity index (χ0) is 35.0. The van der Waals surface area contributed by atoms with Crippen molar-refractivity contribution in [2.45, 2.75) is 0 Å². The van der Waals surface area contributed by atoms with Crippen molar-refractivity contribution in [3.63, 3.8) is 0 Å². The first-order chi connectivity index (χ1) is 21.7. The van der Waals surface area contributed by atoms with Crippen molar-refractivity contribution in [1.29, 1.82) is 0 Å². The summed E-state index contributed by atoms with van der Waals surface area (Å²) in [6, 6.07) is 20.8. The standard InChI is InChI=1S/C24H24Cl6N6O3P4S4/c1-34(40(25,26)44)31-16-19-4-10-22(11-5-19)37-43(47,38-23-12-6-20(7-13-23)17-32-35(2)41(27,28)45)39-24-14-8-21(9-15-24)18-33-36(3)42(29,30)46/h4-18H,1-3H3/b31-16+,32-17+,33-18+. The van der Waals surface area contributed by atoms with Crippen LogP contribution in [0.15, 0.2) is 88.1 Å². The first kappa shape index (κ1) is 41.2. The van der Waals surface area contributed by atoms with Gasteiger partial charge in [0.05, 0.1) is 18.6 Å². The van der Waals surface area contributed by atoms with Crippen LogP contribution in [0.25, 0.3) is 0 Å². The highest BCUT2D eigenvalue weighted by atomic mass is 35.9. The Kier molecular flexibility index (Phi) is 15.6. The third-order valence-electron chi connectivity index (χ3n) is 5.42. The second-order valence-electron chi connectivity index (χ2n) is 8.93. The monoisotopic (exact) mass is 906 g/mol. The van der Waals surface area contributed by atoms with Gasteiger partial charge in [0.2, 0.25) is 14.7 Å². The van der Waals surface area contributed by atoms with E-state index in [1.54, 1.807) is 113 Å². The van der Waals surface area contributed by atoms with Crippen LogP contribution in [0.2, 0.25) is 0 Å². The molecule has 0 heterocycles. The van der Waals surface area contributed by atoms with Gasteiger partial charge in [-0.2, -0.15) is 15.3 Å². The van der Waals surface area contributed by atoms with Crippen molar-refractivity contribution in [1.82, 2.24) is 14.3 Å². The Balaban J connectivity index is 1.85. The van der Waals surface area contributed by atoms with Gasteiger partial charge in [-0.25, -0.2) is 14.3 Å². The Morgan fingerprint density at radius 2 is 0.681 bits per heavy atom. The summed E-state index contributed by atoms with van der Waals surface area (Å²) in [5.74, 6) is 1.19. The molecule has 0 amide bonds. The van der Waals surface area contributed by atoms with Gasteiger partial charge >= 0.3 is 6.72 Å². The summed E-state index contributed by atoms with van der Waals surface area (Å²) in [6.07, 6.45) is 4.70. The molecule has 0 N–H and O–H groups in total. The Morgan fingerprint density at radius 3 is 0.872 bits per heavy atom. The van der Waals surface area contributed by atoms with Crippen LogP contribution in [0, 0.1) is 0 Å². The summed E-state index contributed by atoms with van der Waals surface area (Å²) in [4.78, 5) is -8.20. The van der Waals surface area contributed by atoms with E-state index in [-0.39, 0.29) is 0 Å². The van der Waals surface area contributed by atoms with Gasteiger partial charge < -0.3 is 13.6 Å². The minimum absolute atomic E-state index is 0.396. The van der Waals surface area contributed by atoms with Crippen LogP contribution in [-0.2, 0) is 47.2 Å². The maximum absolute atomic E-state index is 6.17. The molecule has 23 heteroatoms. The van der Waals surface area contributed by atoms with Crippen molar-refractivity contribution in [2.24, 2.45) is 15.3 Å². The SMILES string of the molecule is CN(/N=C/c1ccc(OP(=S)(Oc2ccc(/C=N/N(C)P(=S)(Cl)Cl)cc2)Oc2ccc(/C=N/N(C)P(=S)(Cl)Cl)cc2)cc1)P(=S)(Cl)Cl. The summed E-state index contributed by atoms with van der Waals surface area (Å²) < 4.78 is 22.5. The zero-order valence-corrected chi connectivity index (χ0v) is 35.6. The number of hydrazone groups is 3. The molecule has 0 aromatic heterocycles. The quantitative estimate of drug-likeness (QED) is 0.0836. The Bertz CT molecular complexity index is 1600. The van der Waals surface area contributed by atoms with Gasteiger partial charge in [-0.3, -0.25) is 0 Å². The maximum Gasteiger partial charge on any atom is 0.490 e. The molecule has 0 bridgehead atoms. The number of nitrogens with zero attached hydrogens (tertiary/aromatic N) is 6. The van der Waals surface area contributed by atoms with E-state index in [0.29, 0.717) is 17.2 Å². The summed E-state index contributed by atoms with van der Waals surface area (Å²) in [6.45, 7) is -3.51. The van der Waals surface area contributed by atoms with Crippen molar-refractivity contribution in [3.05, 3.63) is 89.5 Å². The predicted octanol–water partition coefficient (Wildman–Crippen LogP) is 11.4. The molecule has 0 aliphatic rings. The number of halogens is 6. The van der Waals surface area contributed by atoms with Crippen LogP contribution >= 0.6 is 88.8 Å². The van der Waals surface area contributed by atoms with Gasteiger partial charge in [0.25, 0.3) is 0 Å². The predicted molar refractivity (Wildman–Crippen MR) is 220 cm³/mol. The minimum Gasteiger partial charge on any atom is -0.407 e.